The van der Waals surface area contributed by atoms with Gasteiger partial charge in [0.1, 0.15) is 5.41 Å². The highest BCUT2D eigenvalue weighted by Crippen LogP contribution is 2.22. The highest BCUT2D eigenvalue weighted by Gasteiger charge is 2.40. The number of carbonyl (C=O) groups excluding carboxylic acids is 2. The minimum atomic E-state index is -1.03. The SMILES string of the molecule is CCN(CC)C(=O)C(C)(C)C(=O)N(C)Cc1ccccc1. The van der Waals surface area contributed by atoms with E-state index in [9.17, 15) is 9.59 Å². The highest BCUT2D eigenvalue weighted by atomic mass is 16.2. The Hall–Kier alpha value is -1.84. The molecule has 1 rings (SSSR count). The summed E-state index contributed by atoms with van der Waals surface area (Å²) in [6, 6.07) is 9.78. The molecule has 0 saturated heterocycles. The second-order valence-electron chi connectivity index (χ2n) is 5.75. The van der Waals surface area contributed by atoms with Crippen LogP contribution in [0.5, 0.6) is 0 Å². The normalized spacial score (nSPS) is 11.1. The topological polar surface area (TPSA) is 40.6 Å². The molecule has 0 unspecified atom stereocenters. The van der Waals surface area contributed by atoms with Crippen molar-refractivity contribution >= 4 is 11.8 Å². The lowest BCUT2D eigenvalue weighted by atomic mass is 9.89. The molecule has 0 atom stereocenters. The molecular formula is C17H26N2O2. The van der Waals surface area contributed by atoms with E-state index in [0.717, 1.165) is 5.56 Å². The summed E-state index contributed by atoms with van der Waals surface area (Å²) < 4.78 is 0. The van der Waals surface area contributed by atoms with Crippen LogP contribution in [0.2, 0.25) is 0 Å². The molecule has 116 valence electrons. The Morgan fingerprint density at radius 3 is 2.00 bits per heavy atom. The highest BCUT2D eigenvalue weighted by molar-refractivity contribution is 6.04. The average Bonchev–Trinajstić information content (AvgIpc) is 2.48. The zero-order valence-corrected chi connectivity index (χ0v) is 13.7. The summed E-state index contributed by atoms with van der Waals surface area (Å²) in [4.78, 5) is 28.5. The summed E-state index contributed by atoms with van der Waals surface area (Å²) in [6.07, 6.45) is 0. The molecule has 1 aromatic carbocycles. The summed E-state index contributed by atoms with van der Waals surface area (Å²) in [6.45, 7) is 9.01. The second kappa shape index (κ2) is 7.25. The van der Waals surface area contributed by atoms with Gasteiger partial charge in [-0.25, -0.2) is 0 Å². The van der Waals surface area contributed by atoms with E-state index >= 15 is 0 Å². The molecule has 0 bridgehead atoms. The Morgan fingerprint density at radius 2 is 1.52 bits per heavy atom. The minimum Gasteiger partial charge on any atom is -0.342 e. The van der Waals surface area contributed by atoms with Gasteiger partial charge in [0, 0.05) is 26.7 Å². The summed E-state index contributed by atoms with van der Waals surface area (Å²) in [7, 11) is 1.74. The van der Waals surface area contributed by atoms with Crippen LogP contribution in [0.4, 0.5) is 0 Å². The minimum absolute atomic E-state index is 0.114. The molecule has 0 aliphatic carbocycles. The van der Waals surface area contributed by atoms with Gasteiger partial charge in [0.05, 0.1) is 0 Å². The predicted octanol–water partition coefficient (Wildman–Crippen LogP) is 2.54. The molecule has 0 N–H and O–H groups in total. The van der Waals surface area contributed by atoms with Crippen LogP contribution < -0.4 is 0 Å². The first kappa shape index (κ1) is 17.2. The molecule has 0 radical (unpaired) electrons. The molecule has 0 heterocycles. The van der Waals surface area contributed by atoms with E-state index in [4.69, 9.17) is 0 Å². The van der Waals surface area contributed by atoms with Crippen LogP contribution in [0.15, 0.2) is 30.3 Å². The van der Waals surface area contributed by atoms with Crippen LogP contribution >= 0.6 is 0 Å². The van der Waals surface area contributed by atoms with Gasteiger partial charge in [-0.2, -0.15) is 0 Å². The molecule has 0 fully saturated rings. The third-order valence-corrected chi connectivity index (χ3v) is 3.73. The van der Waals surface area contributed by atoms with Crippen molar-refractivity contribution in [2.45, 2.75) is 34.2 Å². The van der Waals surface area contributed by atoms with Gasteiger partial charge in [-0.3, -0.25) is 9.59 Å². The smallest absolute Gasteiger partial charge is 0.237 e. The van der Waals surface area contributed by atoms with E-state index in [1.54, 1.807) is 30.7 Å². The molecule has 4 heteroatoms. The summed E-state index contributed by atoms with van der Waals surface area (Å²) in [5, 5.41) is 0. The molecule has 0 aliphatic rings. The maximum Gasteiger partial charge on any atom is 0.237 e. The summed E-state index contributed by atoms with van der Waals surface area (Å²) >= 11 is 0. The lowest BCUT2D eigenvalue weighted by Crippen LogP contribution is -2.49. The molecule has 2 amide bonds. The molecule has 4 nitrogen and oxygen atoms in total. The molecule has 0 saturated carbocycles. The van der Waals surface area contributed by atoms with Crippen molar-refractivity contribution in [1.29, 1.82) is 0 Å². The monoisotopic (exact) mass is 290 g/mol. The van der Waals surface area contributed by atoms with Crippen molar-refractivity contribution in [3.05, 3.63) is 35.9 Å². The van der Waals surface area contributed by atoms with E-state index in [1.807, 2.05) is 44.2 Å². The van der Waals surface area contributed by atoms with Gasteiger partial charge >= 0.3 is 0 Å². The molecule has 21 heavy (non-hydrogen) atoms. The Balaban J connectivity index is 2.82. The van der Waals surface area contributed by atoms with Crippen LogP contribution in [0.25, 0.3) is 0 Å². The number of hydrogen-bond acceptors (Lipinski definition) is 2. The van der Waals surface area contributed by atoms with Gasteiger partial charge in [-0.05, 0) is 33.3 Å². The number of amides is 2. The Morgan fingerprint density at radius 1 is 1.00 bits per heavy atom. The number of benzene rings is 1. The lowest BCUT2D eigenvalue weighted by Gasteiger charge is -2.32. The fourth-order valence-electron chi connectivity index (χ4n) is 2.40. The van der Waals surface area contributed by atoms with Crippen molar-refractivity contribution in [3.8, 4) is 0 Å². The van der Waals surface area contributed by atoms with Gasteiger partial charge in [0.25, 0.3) is 0 Å². The molecular weight excluding hydrogens is 264 g/mol. The van der Waals surface area contributed by atoms with Gasteiger partial charge in [0.15, 0.2) is 0 Å². The third kappa shape index (κ3) is 4.06. The van der Waals surface area contributed by atoms with Crippen LogP contribution in [-0.4, -0.2) is 41.8 Å². The fraction of sp³-hybridized carbons (Fsp3) is 0.529. The van der Waals surface area contributed by atoms with Crippen molar-refractivity contribution in [2.24, 2.45) is 5.41 Å². The Bertz CT molecular complexity index is 479. The van der Waals surface area contributed by atoms with E-state index in [0.29, 0.717) is 19.6 Å². The zero-order chi connectivity index (χ0) is 16.0. The lowest BCUT2D eigenvalue weighted by molar-refractivity contribution is -0.153. The average molecular weight is 290 g/mol. The van der Waals surface area contributed by atoms with Gasteiger partial charge in [-0.15, -0.1) is 0 Å². The van der Waals surface area contributed by atoms with Crippen LogP contribution in [-0.2, 0) is 16.1 Å². The number of nitrogens with zero attached hydrogens (tertiary/aromatic N) is 2. The summed E-state index contributed by atoms with van der Waals surface area (Å²) in [5.74, 6) is -0.263. The molecule has 0 aliphatic heterocycles. The number of rotatable bonds is 6. The van der Waals surface area contributed by atoms with Gasteiger partial charge in [0.2, 0.25) is 11.8 Å². The van der Waals surface area contributed by atoms with Gasteiger partial charge < -0.3 is 9.80 Å². The van der Waals surface area contributed by atoms with E-state index < -0.39 is 5.41 Å². The second-order valence-corrected chi connectivity index (χ2v) is 5.75. The maximum absolute atomic E-state index is 12.6. The van der Waals surface area contributed by atoms with Crippen molar-refractivity contribution in [3.63, 3.8) is 0 Å². The third-order valence-electron chi connectivity index (χ3n) is 3.73. The summed E-state index contributed by atoms with van der Waals surface area (Å²) in [5.41, 5.74) is 0.0228. The Kier molecular flexibility index (Phi) is 5.94. The maximum atomic E-state index is 12.6. The fourth-order valence-corrected chi connectivity index (χ4v) is 2.40. The number of hydrogen-bond donors (Lipinski definition) is 0. The van der Waals surface area contributed by atoms with E-state index in [-0.39, 0.29) is 11.8 Å². The first-order chi connectivity index (χ1) is 9.84. The van der Waals surface area contributed by atoms with E-state index in [1.165, 1.54) is 0 Å². The van der Waals surface area contributed by atoms with Crippen molar-refractivity contribution in [2.75, 3.05) is 20.1 Å². The van der Waals surface area contributed by atoms with Crippen LogP contribution in [0, 0.1) is 5.41 Å². The van der Waals surface area contributed by atoms with Crippen LogP contribution in [0.1, 0.15) is 33.3 Å². The van der Waals surface area contributed by atoms with E-state index in [2.05, 4.69) is 0 Å². The van der Waals surface area contributed by atoms with Crippen LogP contribution in [0.3, 0.4) is 0 Å². The predicted molar refractivity (Wildman–Crippen MR) is 84.6 cm³/mol. The first-order valence-electron chi connectivity index (χ1n) is 7.43. The van der Waals surface area contributed by atoms with Crippen molar-refractivity contribution < 1.29 is 9.59 Å². The van der Waals surface area contributed by atoms with Gasteiger partial charge in [-0.1, -0.05) is 30.3 Å². The molecule has 1 aromatic rings. The standard InChI is InChI=1S/C17H26N2O2/c1-6-19(7-2)16(21)17(3,4)15(20)18(5)13-14-11-9-8-10-12-14/h8-12H,6-7,13H2,1-5H3. The molecule has 0 aromatic heterocycles. The number of carbonyl (C=O) groups is 2. The quantitative estimate of drug-likeness (QED) is 0.755. The zero-order valence-electron chi connectivity index (χ0n) is 13.7. The Labute approximate surface area is 127 Å². The largest absolute Gasteiger partial charge is 0.342 e. The van der Waals surface area contributed by atoms with Crippen molar-refractivity contribution in [1.82, 2.24) is 9.80 Å². The molecule has 0 spiro atoms. The first-order valence-corrected chi connectivity index (χ1v) is 7.43.